The molecule has 1 amide bonds. The fourth-order valence-corrected chi connectivity index (χ4v) is 2.58. The van der Waals surface area contributed by atoms with E-state index in [-0.39, 0.29) is 5.91 Å². The highest BCUT2D eigenvalue weighted by Gasteiger charge is 2.17. The Hall–Kier alpha value is -3.22. The summed E-state index contributed by atoms with van der Waals surface area (Å²) in [6.45, 7) is 1.80. The molecule has 0 spiro atoms. The summed E-state index contributed by atoms with van der Waals surface area (Å²) in [6, 6.07) is 8.86. The van der Waals surface area contributed by atoms with Crippen LogP contribution in [0.25, 0.3) is 22.6 Å². The highest BCUT2D eigenvalue weighted by Crippen LogP contribution is 2.41. The molecule has 0 aliphatic carbocycles. The van der Waals surface area contributed by atoms with Crippen molar-refractivity contribution in [3.8, 4) is 28.7 Å². The number of carbonyl (C=O) groups excluding carboxylic acids is 1. The number of carbonyl (C=O) groups is 1. The molecule has 0 saturated carbocycles. The van der Waals surface area contributed by atoms with Crippen LogP contribution >= 0.6 is 0 Å². The van der Waals surface area contributed by atoms with Crippen LogP contribution in [0.15, 0.2) is 34.7 Å². The monoisotopic (exact) mass is 356 g/mol. The molecule has 0 unspecified atom stereocenters. The Morgan fingerprint density at radius 1 is 1.08 bits per heavy atom. The fourth-order valence-electron chi connectivity index (χ4n) is 2.58. The number of fused-ring (bicyclic) bond motifs is 1. The molecule has 3 rings (SSSR count). The summed E-state index contributed by atoms with van der Waals surface area (Å²) in [6.07, 6.45) is 0.410. The van der Waals surface area contributed by atoms with Gasteiger partial charge in [0.25, 0.3) is 0 Å². The van der Waals surface area contributed by atoms with Gasteiger partial charge in [-0.3, -0.25) is 4.79 Å². The standard InChI is InChI=1S/C19H20N2O5/c1-5-17(22)20-12-6-7-14-13(10-12)21-19(26-14)11-8-15(23-2)18(25-4)16(9-11)24-3/h6-10H,5H2,1-4H3,(H,20,22). The van der Waals surface area contributed by atoms with Crippen LogP contribution < -0.4 is 19.5 Å². The minimum absolute atomic E-state index is 0.0577. The summed E-state index contributed by atoms with van der Waals surface area (Å²) in [5, 5.41) is 2.81. The van der Waals surface area contributed by atoms with E-state index in [0.29, 0.717) is 51.9 Å². The van der Waals surface area contributed by atoms with Gasteiger partial charge in [0.05, 0.1) is 21.3 Å². The van der Waals surface area contributed by atoms with E-state index in [1.54, 1.807) is 58.6 Å². The molecule has 2 aromatic carbocycles. The average molecular weight is 356 g/mol. The van der Waals surface area contributed by atoms with Crippen LogP contribution in [0.4, 0.5) is 5.69 Å². The van der Waals surface area contributed by atoms with Crippen molar-refractivity contribution in [3.63, 3.8) is 0 Å². The Kier molecular flexibility index (Phi) is 4.97. The van der Waals surface area contributed by atoms with E-state index in [0.717, 1.165) is 0 Å². The van der Waals surface area contributed by atoms with Crippen molar-refractivity contribution in [2.24, 2.45) is 0 Å². The number of methoxy groups -OCH3 is 3. The number of nitrogens with one attached hydrogen (secondary N) is 1. The van der Waals surface area contributed by atoms with Crippen LogP contribution in [0.5, 0.6) is 17.2 Å². The first-order chi connectivity index (χ1) is 12.6. The van der Waals surface area contributed by atoms with E-state index in [9.17, 15) is 4.79 Å². The van der Waals surface area contributed by atoms with Gasteiger partial charge in [-0.05, 0) is 30.3 Å². The van der Waals surface area contributed by atoms with Gasteiger partial charge >= 0.3 is 0 Å². The fraction of sp³-hybridized carbons (Fsp3) is 0.263. The molecule has 0 radical (unpaired) electrons. The highest BCUT2D eigenvalue weighted by atomic mass is 16.5. The summed E-state index contributed by atoms with van der Waals surface area (Å²) >= 11 is 0. The lowest BCUT2D eigenvalue weighted by Crippen LogP contribution is -2.08. The van der Waals surface area contributed by atoms with Crippen molar-refractivity contribution in [3.05, 3.63) is 30.3 Å². The molecular weight excluding hydrogens is 336 g/mol. The molecule has 1 heterocycles. The third-order valence-corrected chi connectivity index (χ3v) is 3.90. The van der Waals surface area contributed by atoms with Crippen molar-refractivity contribution < 1.29 is 23.4 Å². The van der Waals surface area contributed by atoms with E-state index in [1.165, 1.54) is 0 Å². The van der Waals surface area contributed by atoms with E-state index in [1.807, 2.05) is 0 Å². The molecule has 7 heteroatoms. The maximum atomic E-state index is 11.6. The van der Waals surface area contributed by atoms with Crippen molar-refractivity contribution >= 4 is 22.7 Å². The van der Waals surface area contributed by atoms with Crippen LogP contribution in [0, 0.1) is 0 Å². The summed E-state index contributed by atoms with van der Waals surface area (Å²) in [7, 11) is 4.65. The normalized spacial score (nSPS) is 10.6. The largest absolute Gasteiger partial charge is 0.493 e. The number of oxazole rings is 1. The number of amides is 1. The molecule has 0 aliphatic rings. The average Bonchev–Trinajstić information content (AvgIpc) is 3.09. The van der Waals surface area contributed by atoms with E-state index >= 15 is 0 Å². The van der Waals surface area contributed by atoms with Crippen LogP contribution in [0.2, 0.25) is 0 Å². The van der Waals surface area contributed by atoms with Gasteiger partial charge in [0, 0.05) is 17.7 Å². The maximum absolute atomic E-state index is 11.6. The minimum atomic E-state index is -0.0577. The Morgan fingerprint density at radius 3 is 2.35 bits per heavy atom. The molecule has 26 heavy (non-hydrogen) atoms. The summed E-state index contributed by atoms with van der Waals surface area (Å²) in [4.78, 5) is 16.1. The molecular formula is C19H20N2O5. The predicted octanol–water partition coefficient (Wildman–Crippen LogP) is 3.87. The van der Waals surface area contributed by atoms with Gasteiger partial charge in [-0.1, -0.05) is 6.92 Å². The van der Waals surface area contributed by atoms with E-state index in [2.05, 4.69) is 10.3 Å². The zero-order valence-electron chi connectivity index (χ0n) is 15.1. The topological polar surface area (TPSA) is 82.8 Å². The second kappa shape index (κ2) is 7.35. The highest BCUT2D eigenvalue weighted by molar-refractivity contribution is 5.92. The van der Waals surface area contributed by atoms with E-state index in [4.69, 9.17) is 18.6 Å². The Balaban J connectivity index is 2.04. The van der Waals surface area contributed by atoms with E-state index < -0.39 is 0 Å². The maximum Gasteiger partial charge on any atom is 0.227 e. The molecule has 1 aromatic heterocycles. The third kappa shape index (κ3) is 3.28. The first kappa shape index (κ1) is 17.6. The van der Waals surface area contributed by atoms with Gasteiger partial charge in [-0.15, -0.1) is 0 Å². The molecule has 0 aliphatic heterocycles. The van der Waals surface area contributed by atoms with Gasteiger partial charge in [0.1, 0.15) is 5.52 Å². The molecule has 0 fully saturated rings. The Labute approximate surface area is 150 Å². The SMILES string of the molecule is CCC(=O)Nc1ccc2oc(-c3cc(OC)c(OC)c(OC)c3)nc2c1. The van der Waals surface area contributed by atoms with Crippen LogP contribution in [0.1, 0.15) is 13.3 Å². The van der Waals surface area contributed by atoms with Gasteiger partial charge in [-0.25, -0.2) is 4.98 Å². The molecule has 0 bridgehead atoms. The van der Waals surface area contributed by atoms with Crippen LogP contribution in [0.3, 0.4) is 0 Å². The molecule has 7 nitrogen and oxygen atoms in total. The number of benzene rings is 2. The number of ether oxygens (including phenoxy) is 3. The first-order valence-corrected chi connectivity index (χ1v) is 8.10. The first-order valence-electron chi connectivity index (χ1n) is 8.10. The smallest absolute Gasteiger partial charge is 0.227 e. The number of nitrogens with zero attached hydrogens (tertiary/aromatic N) is 1. The molecule has 0 saturated heterocycles. The molecule has 0 atom stereocenters. The van der Waals surface area contributed by atoms with Gasteiger partial charge in [0.15, 0.2) is 17.1 Å². The lowest BCUT2D eigenvalue weighted by Gasteiger charge is -2.12. The number of rotatable bonds is 6. The Bertz CT molecular complexity index is 923. The van der Waals surface area contributed by atoms with Crippen LogP contribution in [-0.2, 0) is 4.79 Å². The number of hydrogen-bond donors (Lipinski definition) is 1. The number of aromatic nitrogens is 1. The summed E-state index contributed by atoms with van der Waals surface area (Å²) in [5.41, 5.74) is 2.62. The minimum Gasteiger partial charge on any atom is -0.493 e. The second-order valence-corrected chi connectivity index (χ2v) is 5.52. The zero-order chi connectivity index (χ0) is 18.7. The lowest BCUT2D eigenvalue weighted by molar-refractivity contribution is -0.115. The zero-order valence-corrected chi connectivity index (χ0v) is 15.1. The second-order valence-electron chi connectivity index (χ2n) is 5.52. The summed E-state index contributed by atoms with van der Waals surface area (Å²) < 4.78 is 21.9. The van der Waals surface area contributed by atoms with Crippen molar-refractivity contribution in [2.75, 3.05) is 26.6 Å². The lowest BCUT2D eigenvalue weighted by atomic mass is 10.2. The van der Waals surface area contributed by atoms with Crippen molar-refractivity contribution in [1.82, 2.24) is 4.98 Å². The van der Waals surface area contributed by atoms with Crippen LogP contribution in [-0.4, -0.2) is 32.2 Å². The van der Waals surface area contributed by atoms with Gasteiger partial charge in [-0.2, -0.15) is 0 Å². The third-order valence-electron chi connectivity index (χ3n) is 3.90. The Morgan fingerprint density at radius 2 is 1.77 bits per heavy atom. The number of hydrogen-bond acceptors (Lipinski definition) is 6. The molecule has 3 aromatic rings. The van der Waals surface area contributed by atoms with Gasteiger partial charge < -0.3 is 23.9 Å². The van der Waals surface area contributed by atoms with Crippen molar-refractivity contribution in [2.45, 2.75) is 13.3 Å². The van der Waals surface area contributed by atoms with Gasteiger partial charge in [0.2, 0.25) is 17.5 Å². The quantitative estimate of drug-likeness (QED) is 0.722. The predicted molar refractivity (Wildman–Crippen MR) is 98.0 cm³/mol. The van der Waals surface area contributed by atoms with Crippen molar-refractivity contribution in [1.29, 1.82) is 0 Å². The molecule has 136 valence electrons. The molecule has 1 N–H and O–H groups in total. The number of anilines is 1. The summed E-state index contributed by atoms with van der Waals surface area (Å²) in [5.74, 6) is 1.88.